The zero-order valence-electron chi connectivity index (χ0n) is 10.3. The van der Waals surface area contributed by atoms with Crippen molar-refractivity contribution in [3.63, 3.8) is 0 Å². The molecule has 2 rings (SSSR count). The van der Waals surface area contributed by atoms with Crippen molar-refractivity contribution in [1.29, 1.82) is 0 Å². The van der Waals surface area contributed by atoms with Crippen LogP contribution in [0.15, 0.2) is 14.1 Å². The van der Waals surface area contributed by atoms with Crippen LogP contribution < -0.4 is 4.72 Å². The van der Waals surface area contributed by atoms with Crippen molar-refractivity contribution in [2.75, 3.05) is 0 Å². The molecule has 0 amide bonds. The van der Waals surface area contributed by atoms with Crippen LogP contribution in [-0.4, -0.2) is 19.8 Å². The van der Waals surface area contributed by atoms with E-state index in [0.29, 0.717) is 10.6 Å². The summed E-state index contributed by atoms with van der Waals surface area (Å²) >= 11 is 10.7. The molecule has 0 aliphatic heterocycles. The summed E-state index contributed by atoms with van der Waals surface area (Å²) in [5, 5.41) is 0.0296. The summed E-state index contributed by atoms with van der Waals surface area (Å²) in [6, 6.07) is 1.59. The molecule has 2 atom stereocenters. The SMILES string of the molecule is Cc1cc(S(=O)(=O)NC2CC(Cl)C2(C)C)sc1Br. The Hall–Kier alpha value is 0.380. The van der Waals surface area contributed by atoms with Gasteiger partial charge >= 0.3 is 0 Å². The fraction of sp³-hybridized carbons (Fsp3) is 0.636. The quantitative estimate of drug-likeness (QED) is 0.825. The highest BCUT2D eigenvalue weighted by Gasteiger charge is 2.48. The van der Waals surface area contributed by atoms with Gasteiger partial charge in [-0.1, -0.05) is 13.8 Å². The Kier molecular flexibility index (Phi) is 3.89. The normalized spacial score (nSPS) is 26.9. The molecule has 2 unspecified atom stereocenters. The average Bonchev–Trinajstić information content (AvgIpc) is 2.59. The van der Waals surface area contributed by atoms with Crippen molar-refractivity contribution in [2.24, 2.45) is 5.41 Å². The third-order valence-corrected chi connectivity index (χ3v) is 8.37. The van der Waals surface area contributed by atoms with E-state index in [1.54, 1.807) is 6.07 Å². The summed E-state index contributed by atoms with van der Waals surface area (Å²) in [7, 11) is -3.44. The maximum Gasteiger partial charge on any atom is 0.250 e. The van der Waals surface area contributed by atoms with Crippen LogP contribution in [-0.2, 0) is 10.0 Å². The van der Waals surface area contributed by atoms with Gasteiger partial charge in [-0.15, -0.1) is 22.9 Å². The Bertz CT molecular complexity index is 548. The Morgan fingerprint density at radius 1 is 1.56 bits per heavy atom. The van der Waals surface area contributed by atoms with Crippen molar-refractivity contribution in [1.82, 2.24) is 4.72 Å². The van der Waals surface area contributed by atoms with Gasteiger partial charge in [0.05, 0.1) is 3.79 Å². The van der Waals surface area contributed by atoms with Crippen LogP contribution in [0.4, 0.5) is 0 Å². The van der Waals surface area contributed by atoms with Crippen molar-refractivity contribution in [3.8, 4) is 0 Å². The van der Waals surface area contributed by atoms with Crippen LogP contribution in [0.25, 0.3) is 0 Å². The summed E-state index contributed by atoms with van der Waals surface area (Å²) in [4.78, 5) is 0. The molecule has 0 saturated heterocycles. The lowest BCUT2D eigenvalue weighted by Crippen LogP contribution is -2.59. The Labute approximate surface area is 125 Å². The van der Waals surface area contributed by atoms with Gasteiger partial charge in [-0.2, -0.15) is 0 Å². The topological polar surface area (TPSA) is 46.2 Å². The molecule has 1 aromatic rings. The zero-order chi connectivity index (χ0) is 13.7. The van der Waals surface area contributed by atoms with E-state index in [9.17, 15) is 8.42 Å². The molecule has 1 fully saturated rings. The average molecular weight is 373 g/mol. The Morgan fingerprint density at radius 3 is 2.56 bits per heavy atom. The maximum absolute atomic E-state index is 12.2. The molecule has 0 bridgehead atoms. The van der Waals surface area contributed by atoms with Crippen LogP contribution in [0.1, 0.15) is 25.8 Å². The smallest absolute Gasteiger partial charge is 0.207 e. The molecule has 1 aromatic heterocycles. The molecular formula is C11H15BrClNO2S2. The van der Waals surface area contributed by atoms with E-state index in [2.05, 4.69) is 20.7 Å². The lowest BCUT2D eigenvalue weighted by atomic mass is 9.67. The monoisotopic (exact) mass is 371 g/mol. The van der Waals surface area contributed by atoms with Crippen LogP contribution >= 0.6 is 38.9 Å². The molecule has 102 valence electrons. The van der Waals surface area contributed by atoms with Gasteiger partial charge in [-0.25, -0.2) is 13.1 Å². The lowest BCUT2D eigenvalue weighted by Gasteiger charge is -2.48. The van der Waals surface area contributed by atoms with Crippen LogP contribution in [0, 0.1) is 12.3 Å². The number of alkyl halides is 1. The number of hydrogen-bond acceptors (Lipinski definition) is 3. The number of aryl methyl sites for hydroxylation is 1. The molecule has 0 spiro atoms. The number of rotatable bonds is 3. The fourth-order valence-electron chi connectivity index (χ4n) is 1.88. The van der Waals surface area contributed by atoms with E-state index in [-0.39, 0.29) is 16.8 Å². The molecule has 0 aromatic carbocycles. The van der Waals surface area contributed by atoms with Crippen molar-refractivity contribution < 1.29 is 8.42 Å². The summed E-state index contributed by atoms with van der Waals surface area (Å²) < 4.78 is 28.4. The van der Waals surface area contributed by atoms with Gasteiger partial charge in [0.25, 0.3) is 0 Å². The molecular weight excluding hydrogens is 358 g/mol. The maximum atomic E-state index is 12.2. The second kappa shape index (κ2) is 4.74. The molecule has 18 heavy (non-hydrogen) atoms. The van der Waals surface area contributed by atoms with Gasteiger partial charge in [0.1, 0.15) is 4.21 Å². The van der Waals surface area contributed by atoms with Crippen molar-refractivity contribution in [3.05, 3.63) is 15.4 Å². The Morgan fingerprint density at radius 2 is 2.17 bits per heavy atom. The Balaban J connectivity index is 2.19. The standard InChI is InChI=1S/C11H15BrClNO2S2/c1-6-4-9(17-10(6)12)18(15,16)14-8-5-7(13)11(8,2)3/h4,7-8,14H,5H2,1-3H3. The molecule has 1 saturated carbocycles. The van der Waals surface area contributed by atoms with E-state index in [1.807, 2.05) is 20.8 Å². The molecule has 1 aliphatic rings. The number of nitrogens with one attached hydrogen (secondary N) is 1. The second-order valence-corrected chi connectivity index (χ2v) is 10.1. The first-order valence-corrected chi connectivity index (χ1v) is 9.10. The van der Waals surface area contributed by atoms with Gasteiger partial charge in [-0.05, 0) is 46.3 Å². The van der Waals surface area contributed by atoms with Gasteiger partial charge in [0, 0.05) is 11.4 Å². The number of thiophene rings is 1. The van der Waals surface area contributed by atoms with Gasteiger partial charge < -0.3 is 0 Å². The lowest BCUT2D eigenvalue weighted by molar-refractivity contribution is 0.137. The van der Waals surface area contributed by atoms with E-state index in [1.165, 1.54) is 11.3 Å². The number of halogens is 2. The second-order valence-electron chi connectivity index (χ2n) is 5.22. The highest BCUT2D eigenvalue weighted by molar-refractivity contribution is 9.11. The first-order valence-electron chi connectivity index (χ1n) is 5.57. The number of hydrogen-bond donors (Lipinski definition) is 1. The van der Waals surface area contributed by atoms with Crippen LogP contribution in [0.3, 0.4) is 0 Å². The minimum atomic E-state index is -3.44. The third kappa shape index (κ3) is 2.50. The van der Waals surface area contributed by atoms with Gasteiger partial charge in [0.2, 0.25) is 10.0 Å². The minimum absolute atomic E-state index is 0.0296. The minimum Gasteiger partial charge on any atom is -0.207 e. The van der Waals surface area contributed by atoms with Crippen molar-refractivity contribution in [2.45, 2.75) is 42.8 Å². The molecule has 1 aliphatic carbocycles. The molecule has 1 N–H and O–H groups in total. The predicted octanol–water partition coefficient (Wildman–Crippen LogP) is 3.50. The summed E-state index contributed by atoms with van der Waals surface area (Å²) in [6.07, 6.45) is 0.680. The van der Waals surface area contributed by atoms with Crippen molar-refractivity contribution >= 4 is 48.9 Å². The van der Waals surface area contributed by atoms with E-state index in [0.717, 1.165) is 9.35 Å². The van der Waals surface area contributed by atoms with Crippen LogP contribution in [0.5, 0.6) is 0 Å². The summed E-state index contributed by atoms with van der Waals surface area (Å²) in [5.41, 5.74) is 0.737. The predicted molar refractivity (Wildman–Crippen MR) is 78.9 cm³/mol. The molecule has 3 nitrogen and oxygen atoms in total. The van der Waals surface area contributed by atoms with Gasteiger partial charge in [-0.3, -0.25) is 0 Å². The third-order valence-electron chi connectivity index (χ3n) is 3.54. The first-order chi connectivity index (χ1) is 8.14. The van der Waals surface area contributed by atoms with E-state index < -0.39 is 10.0 Å². The molecule has 7 heteroatoms. The van der Waals surface area contributed by atoms with E-state index >= 15 is 0 Å². The van der Waals surface area contributed by atoms with Gasteiger partial charge in [0.15, 0.2) is 0 Å². The zero-order valence-corrected chi connectivity index (χ0v) is 14.3. The fourth-order valence-corrected chi connectivity index (χ4v) is 5.86. The molecule has 0 radical (unpaired) electrons. The highest BCUT2D eigenvalue weighted by atomic mass is 79.9. The van der Waals surface area contributed by atoms with E-state index in [4.69, 9.17) is 11.6 Å². The van der Waals surface area contributed by atoms with Crippen LogP contribution in [0.2, 0.25) is 0 Å². The first kappa shape index (κ1) is 14.8. The summed E-state index contributed by atoms with van der Waals surface area (Å²) in [6.45, 7) is 5.84. The highest BCUT2D eigenvalue weighted by Crippen LogP contribution is 2.45. The number of sulfonamides is 1. The summed E-state index contributed by atoms with van der Waals surface area (Å²) in [5.74, 6) is 0. The largest absolute Gasteiger partial charge is 0.250 e. The molecule has 1 heterocycles.